The van der Waals surface area contributed by atoms with Gasteiger partial charge in [-0.3, -0.25) is 9.59 Å². The minimum Gasteiger partial charge on any atom is -0.493 e. The van der Waals surface area contributed by atoms with Crippen LogP contribution in [0.25, 0.3) is 0 Å². The van der Waals surface area contributed by atoms with Crippen molar-refractivity contribution >= 4 is 23.2 Å². The standard InChI is InChI=1S/C20H22N2O6/c1-12(23)22-7-8-28-16-6-5-14(11-15(16)22)21-20(24)13-9-17(25-2)19(27-4)18(10-13)26-3/h5-6,9-11H,7-8H2,1-4H3,(H,21,24). The number of fused-ring (bicyclic) bond motifs is 1. The van der Waals surface area contributed by atoms with Gasteiger partial charge in [-0.1, -0.05) is 0 Å². The number of carbonyl (C=O) groups excluding carboxylic acids is 2. The Morgan fingerprint density at radius 2 is 1.71 bits per heavy atom. The van der Waals surface area contributed by atoms with Crippen LogP contribution in [0.4, 0.5) is 11.4 Å². The molecule has 1 heterocycles. The van der Waals surface area contributed by atoms with E-state index < -0.39 is 0 Å². The first-order valence-corrected chi connectivity index (χ1v) is 8.64. The van der Waals surface area contributed by atoms with Crippen LogP contribution in [-0.2, 0) is 4.79 Å². The van der Waals surface area contributed by atoms with Crippen LogP contribution < -0.4 is 29.2 Å². The second-order valence-corrected chi connectivity index (χ2v) is 6.07. The van der Waals surface area contributed by atoms with E-state index in [2.05, 4.69) is 5.32 Å². The predicted octanol–water partition coefficient (Wildman–Crippen LogP) is 2.71. The van der Waals surface area contributed by atoms with Crippen molar-refractivity contribution in [3.63, 3.8) is 0 Å². The van der Waals surface area contributed by atoms with Gasteiger partial charge in [0.05, 0.1) is 33.6 Å². The van der Waals surface area contributed by atoms with Crippen LogP contribution >= 0.6 is 0 Å². The zero-order valence-electron chi connectivity index (χ0n) is 16.2. The molecular formula is C20H22N2O6. The van der Waals surface area contributed by atoms with Crippen molar-refractivity contribution < 1.29 is 28.5 Å². The largest absolute Gasteiger partial charge is 0.493 e. The van der Waals surface area contributed by atoms with Crippen LogP contribution in [-0.4, -0.2) is 46.3 Å². The van der Waals surface area contributed by atoms with E-state index in [1.54, 1.807) is 35.2 Å². The highest BCUT2D eigenvalue weighted by Gasteiger charge is 2.22. The van der Waals surface area contributed by atoms with Crippen molar-refractivity contribution in [3.8, 4) is 23.0 Å². The van der Waals surface area contributed by atoms with Gasteiger partial charge in [-0.15, -0.1) is 0 Å². The first kappa shape index (κ1) is 19.3. The summed E-state index contributed by atoms with van der Waals surface area (Å²) in [5, 5.41) is 2.82. The third kappa shape index (κ3) is 3.66. The minimum absolute atomic E-state index is 0.0855. The zero-order chi connectivity index (χ0) is 20.3. The van der Waals surface area contributed by atoms with Crippen LogP contribution in [0.1, 0.15) is 17.3 Å². The summed E-state index contributed by atoms with van der Waals surface area (Å²) < 4.78 is 21.4. The number of benzene rings is 2. The maximum atomic E-state index is 12.8. The fraction of sp³-hybridized carbons (Fsp3) is 0.300. The van der Waals surface area contributed by atoms with Gasteiger partial charge in [-0.25, -0.2) is 0 Å². The van der Waals surface area contributed by atoms with Gasteiger partial charge in [0, 0.05) is 18.2 Å². The molecule has 0 aromatic heterocycles. The topological polar surface area (TPSA) is 86.3 Å². The number of rotatable bonds is 5. The Hall–Kier alpha value is -3.42. The lowest BCUT2D eigenvalue weighted by atomic mass is 10.1. The fourth-order valence-corrected chi connectivity index (χ4v) is 3.04. The van der Waals surface area contributed by atoms with Crippen molar-refractivity contribution in [2.75, 3.05) is 44.7 Å². The Morgan fingerprint density at radius 1 is 1.04 bits per heavy atom. The average molecular weight is 386 g/mol. The maximum Gasteiger partial charge on any atom is 0.255 e. The molecule has 0 unspecified atom stereocenters. The van der Waals surface area contributed by atoms with Crippen LogP contribution in [0.15, 0.2) is 30.3 Å². The summed E-state index contributed by atoms with van der Waals surface area (Å²) in [4.78, 5) is 26.2. The lowest BCUT2D eigenvalue weighted by molar-refractivity contribution is -0.116. The van der Waals surface area contributed by atoms with E-state index in [4.69, 9.17) is 18.9 Å². The molecule has 0 spiro atoms. The van der Waals surface area contributed by atoms with Crippen molar-refractivity contribution in [1.29, 1.82) is 0 Å². The van der Waals surface area contributed by atoms with E-state index in [1.165, 1.54) is 28.3 Å². The highest BCUT2D eigenvalue weighted by molar-refractivity contribution is 6.06. The number of amides is 2. The quantitative estimate of drug-likeness (QED) is 0.850. The number of methoxy groups -OCH3 is 3. The Kier molecular flexibility index (Phi) is 5.58. The van der Waals surface area contributed by atoms with Crippen molar-refractivity contribution in [2.24, 2.45) is 0 Å². The molecule has 8 heteroatoms. The Balaban J connectivity index is 1.90. The molecule has 1 N–H and O–H groups in total. The Morgan fingerprint density at radius 3 is 2.29 bits per heavy atom. The molecule has 1 aliphatic heterocycles. The summed E-state index contributed by atoms with van der Waals surface area (Å²) in [5.41, 5.74) is 1.50. The lowest BCUT2D eigenvalue weighted by Crippen LogP contribution is -2.36. The molecule has 0 bridgehead atoms. The van der Waals surface area contributed by atoms with Crippen LogP contribution in [0, 0.1) is 0 Å². The van der Waals surface area contributed by atoms with Crippen molar-refractivity contribution in [1.82, 2.24) is 0 Å². The SMILES string of the molecule is COc1cc(C(=O)Nc2ccc3c(c2)N(C(C)=O)CCO3)cc(OC)c1OC. The first-order chi connectivity index (χ1) is 13.5. The molecule has 28 heavy (non-hydrogen) atoms. The monoisotopic (exact) mass is 386 g/mol. The van der Waals surface area contributed by atoms with Crippen LogP contribution in [0.2, 0.25) is 0 Å². The lowest BCUT2D eigenvalue weighted by Gasteiger charge is -2.29. The molecular weight excluding hydrogens is 364 g/mol. The van der Waals surface area contributed by atoms with Gasteiger partial charge in [0.25, 0.3) is 5.91 Å². The highest BCUT2D eigenvalue weighted by Crippen LogP contribution is 2.39. The van der Waals surface area contributed by atoms with Gasteiger partial charge in [0.15, 0.2) is 11.5 Å². The van der Waals surface area contributed by atoms with E-state index in [0.717, 1.165) is 0 Å². The van der Waals surface area contributed by atoms with Crippen molar-refractivity contribution in [2.45, 2.75) is 6.92 Å². The maximum absolute atomic E-state index is 12.8. The van der Waals surface area contributed by atoms with E-state index in [0.29, 0.717) is 53.1 Å². The summed E-state index contributed by atoms with van der Waals surface area (Å²) >= 11 is 0. The number of anilines is 2. The minimum atomic E-state index is -0.356. The Bertz CT molecular complexity index is 887. The van der Waals surface area contributed by atoms with E-state index in [1.807, 2.05) is 0 Å². The molecule has 2 aromatic rings. The summed E-state index contributed by atoms with van der Waals surface area (Å²) in [6.07, 6.45) is 0. The van der Waals surface area contributed by atoms with E-state index >= 15 is 0 Å². The predicted molar refractivity (Wildman–Crippen MR) is 104 cm³/mol. The summed E-state index contributed by atoms with van der Waals surface area (Å²) in [5.74, 6) is 1.34. The van der Waals surface area contributed by atoms with Crippen LogP contribution in [0.3, 0.4) is 0 Å². The smallest absolute Gasteiger partial charge is 0.255 e. The number of nitrogens with one attached hydrogen (secondary N) is 1. The molecule has 1 aliphatic rings. The first-order valence-electron chi connectivity index (χ1n) is 8.64. The molecule has 0 aliphatic carbocycles. The zero-order valence-corrected chi connectivity index (χ0v) is 16.2. The van der Waals surface area contributed by atoms with Gasteiger partial charge in [0.2, 0.25) is 11.7 Å². The number of ether oxygens (including phenoxy) is 4. The molecule has 0 atom stereocenters. The van der Waals surface area contributed by atoms with Gasteiger partial charge in [-0.05, 0) is 30.3 Å². The number of hydrogen-bond acceptors (Lipinski definition) is 6. The average Bonchev–Trinajstić information content (AvgIpc) is 2.71. The summed E-state index contributed by atoms with van der Waals surface area (Å²) in [6, 6.07) is 8.31. The third-order valence-corrected chi connectivity index (χ3v) is 4.39. The van der Waals surface area contributed by atoms with Gasteiger partial charge in [-0.2, -0.15) is 0 Å². The molecule has 0 fully saturated rings. The second-order valence-electron chi connectivity index (χ2n) is 6.07. The van der Waals surface area contributed by atoms with Crippen LogP contribution in [0.5, 0.6) is 23.0 Å². The summed E-state index contributed by atoms with van der Waals surface area (Å²) in [6.45, 7) is 2.40. The number of hydrogen-bond donors (Lipinski definition) is 1. The molecule has 0 radical (unpaired) electrons. The number of carbonyl (C=O) groups is 2. The van der Waals surface area contributed by atoms with Gasteiger partial charge < -0.3 is 29.2 Å². The van der Waals surface area contributed by atoms with Gasteiger partial charge in [0.1, 0.15) is 12.4 Å². The van der Waals surface area contributed by atoms with E-state index in [-0.39, 0.29) is 11.8 Å². The molecule has 148 valence electrons. The number of nitrogens with zero attached hydrogens (tertiary/aromatic N) is 1. The van der Waals surface area contributed by atoms with Gasteiger partial charge >= 0.3 is 0 Å². The molecule has 2 aromatic carbocycles. The van der Waals surface area contributed by atoms with E-state index in [9.17, 15) is 9.59 Å². The third-order valence-electron chi connectivity index (χ3n) is 4.39. The van der Waals surface area contributed by atoms with Crippen molar-refractivity contribution in [3.05, 3.63) is 35.9 Å². The molecule has 2 amide bonds. The Labute approximate surface area is 162 Å². The molecule has 0 saturated heterocycles. The highest BCUT2D eigenvalue weighted by atomic mass is 16.5. The molecule has 0 saturated carbocycles. The fourth-order valence-electron chi connectivity index (χ4n) is 3.04. The molecule has 3 rings (SSSR count). The normalized spacial score (nSPS) is 12.5. The molecule has 8 nitrogen and oxygen atoms in total. The second kappa shape index (κ2) is 8.08. The summed E-state index contributed by atoms with van der Waals surface area (Å²) in [7, 11) is 4.47.